The van der Waals surface area contributed by atoms with Gasteiger partial charge >= 0.3 is 0 Å². The molecular weight excluding hydrogens is 286 g/mol. The van der Waals surface area contributed by atoms with Gasteiger partial charge in [-0.25, -0.2) is 0 Å². The molecule has 0 radical (unpaired) electrons. The van der Waals surface area contributed by atoms with Crippen LogP contribution in [0.3, 0.4) is 0 Å². The van der Waals surface area contributed by atoms with E-state index in [4.69, 9.17) is 18.0 Å². The number of terminal acetylenes is 1. The van der Waals surface area contributed by atoms with Crippen molar-refractivity contribution in [1.29, 1.82) is 0 Å². The lowest BCUT2D eigenvalue weighted by molar-refractivity contribution is 0.542. The molecule has 0 fully saturated rings. The Bertz CT molecular complexity index is 364. The maximum absolute atomic E-state index is 6.02. The van der Waals surface area contributed by atoms with Crippen molar-refractivity contribution in [2.24, 2.45) is 0 Å². The summed E-state index contributed by atoms with van der Waals surface area (Å²) in [6.07, 6.45) is 7.14. The van der Waals surface area contributed by atoms with Gasteiger partial charge in [-0.1, -0.05) is 34.5 Å². The highest BCUT2D eigenvalue weighted by atomic mass is 79.9. The molecule has 0 aromatic heterocycles. The summed E-state index contributed by atoms with van der Waals surface area (Å²) in [4.78, 5) is 0. The van der Waals surface area contributed by atoms with Gasteiger partial charge in [-0.15, -0.1) is 12.3 Å². The van der Waals surface area contributed by atoms with Gasteiger partial charge < -0.3 is 5.32 Å². The number of hydrogen-bond acceptors (Lipinski definition) is 1. The van der Waals surface area contributed by atoms with E-state index in [1.165, 1.54) is 0 Å². The highest BCUT2D eigenvalue weighted by Gasteiger charge is 2.10. The van der Waals surface area contributed by atoms with Crippen molar-refractivity contribution < 1.29 is 0 Å². The zero-order chi connectivity index (χ0) is 12.0. The zero-order valence-corrected chi connectivity index (χ0v) is 11.6. The first kappa shape index (κ1) is 13.6. The first-order valence-electron chi connectivity index (χ1n) is 5.30. The van der Waals surface area contributed by atoms with Crippen LogP contribution < -0.4 is 5.32 Å². The van der Waals surface area contributed by atoms with Crippen LogP contribution in [0.4, 0.5) is 0 Å². The minimum absolute atomic E-state index is 0.181. The highest BCUT2D eigenvalue weighted by Crippen LogP contribution is 2.25. The summed E-state index contributed by atoms with van der Waals surface area (Å²) in [7, 11) is 0. The van der Waals surface area contributed by atoms with E-state index in [1.807, 2.05) is 12.1 Å². The molecule has 1 aromatic rings. The smallest absolute Gasteiger partial charge is 0.0431 e. The van der Waals surface area contributed by atoms with Crippen molar-refractivity contribution in [3.63, 3.8) is 0 Å². The molecule has 1 N–H and O–H groups in total. The lowest BCUT2D eigenvalue weighted by Crippen LogP contribution is -2.21. The van der Waals surface area contributed by atoms with Gasteiger partial charge in [0, 0.05) is 22.0 Å². The van der Waals surface area contributed by atoms with Crippen molar-refractivity contribution in [2.45, 2.75) is 25.8 Å². The van der Waals surface area contributed by atoms with Crippen LogP contribution in [-0.4, -0.2) is 6.54 Å². The third kappa shape index (κ3) is 4.17. The third-order valence-electron chi connectivity index (χ3n) is 2.25. The standard InChI is InChI=1S/C13H15BrClN/c1-3-5-13(16-6-4-2)10-7-11(14)9-12(15)8-10/h1,7-9,13,16H,4-6H2,2H3. The second kappa shape index (κ2) is 6.96. The lowest BCUT2D eigenvalue weighted by atomic mass is 10.0. The number of hydrogen-bond donors (Lipinski definition) is 1. The van der Waals surface area contributed by atoms with Gasteiger partial charge in [-0.05, 0) is 36.7 Å². The molecule has 16 heavy (non-hydrogen) atoms. The molecule has 0 aliphatic heterocycles. The first-order chi connectivity index (χ1) is 7.67. The van der Waals surface area contributed by atoms with E-state index in [0.717, 1.165) is 28.0 Å². The molecule has 3 heteroatoms. The minimum Gasteiger partial charge on any atom is -0.309 e. The predicted molar refractivity (Wildman–Crippen MR) is 73.6 cm³/mol. The fraction of sp³-hybridized carbons (Fsp3) is 0.385. The van der Waals surface area contributed by atoms with Crippen molar-refractivity contribution in [3.05, 3.63) is 33.3 Å². The molecule has 0 aliphatic rings. The number of nitrogens with one attached hydrogen (secondary N) is 1. The van der Waals surface area contributed by atoms with Gasteiger partial charge in [0.15, 0.2) is 0 Å². The van der Waals surface area contributed by atoms with E-state index < -0.39 is 0 Å². The van der Waals surface area contributed by atoms with Gasteiger partial charge in [0.05, 0.1) is 0 Å². The van der Waals surface area contributed by atoms with E-state index >= 15 is 0 Å². The van der Waals surface area contributed by atoms with Gasteiger partial charge in [0.25, 0.3) is 0 Å². The van der Waals surface area contributed by atoms with Gasteiger partial charge in [-0.2, -0.15) is 0 Å². The normalized spacial score (nSPS) is 12.1. The summed E-state index contributed by atoms with van der Waals surface area (Å²) in [5, 5.41) is 4.15. The summed E-state index contributed by atoms with van der Waals surface area (Å²) in [6, 6.07) is 6.06. The fourth-order valence-corrected chi connectivity index (χ4v) is 2.41. The molecule has 0 spiro atoms. The van der Waals surface area contributed by atoms with E-state index in [9.17, 15) is 0 Å². The lowest BCUT2D eigenvalue weighted by Gasteiger charge is -2.17. The third-order valence-corrected chi connectivity index (χ3v) is 2.93. The molecule has 0 bridgehead atoms. The van der Waals surface area contributed by atoms with Crippen LogP contribution in [0.25, 0.3) is 0 Å². The Morgan fingerprint density at radius 3 is 2.81 bits per heavy atom. The topological polar surface area (TPSA) is 12.0 Å². The van der Waals surface area contributed by atoms with Crippen LogP contribution in [0.15, 0.2) is 22.7 Å². The highest BCUT2D eigenvalue weighted by molar-refractivity contribution is 9.10. The average Bonchev–Trinajstić information content (AvgIpc) is 2.22. The van der Waals surface area contributed by atoms with Crippen LogP contribution >= 0.6 is 27.5 Å². The quantitative estimate of drug-likeness (QED) is 0.805. The second-order valence-electron chi connectivity index (χ2n) is 3.62. The largest absolute Gasteiger partial charge is 0.309 e. The number of benzene rings is 1. The molecule has 1 rings (SSSR count). The van der Waals surface area contributed by atoms with E-state index in [-0.39, 0.29) is 6.04 Å². The molecule has 0 heterocycles. The molecule has 1 aromatic carbocycles. The summed E-state index contributed by atoms with van der Waals surface area (Å²) >= 11 is 9.46. The van der Waals surface area contributed by atoms with Crippen molar-refractivity contribution in [2.75, 3.05) is 6.54 Å². The first-order valence-corrected chi connectivity index (χ1v) is 6.47. The van der Waals surface area contributed by atoms with Gasteiger partial charge in [0.2, 0.25) is 0 Å². The van der Waals surface area contributed by atoms with Crippen molar-refractivity contribution in [3.8, 4) is 12.3 Å². The zero-order valence-electron chi connectivity index (χ0n) is 9.26. The van der Waals surface area contributed by atoms with Crippen LogP contribution in [0.5, 0.6) is 0 Å². The Morgan fingerprint density at radius 1 is 1.50 bits per heavy atom. The van der Waals surface area contributed by atoms with Crippen LogP contribution in [0.2, 0.25) is 5.02 Å². The van der Waals surface area contributed by atoms with E-state index in [2.05, 4.69) is 40.2 Å². The average molecular weight is 301 g/mol. The second-order valence-corrected chi connectivity index (χ2v) is 4.97. The SMILES string of the molecule is C#CCC(NCCC)c1cc(Cl)cc(Br)c1. The summed E-state index contributed by atoms with van der Waals surface area (Å²) in [5.41, 5.74) is 1.13. The molecule has 0 saturated heterocycles. The van der Waals surface area contributed by atoms with E-state index in [1.54, 1.807) is 0 Å². The number of rotatable bonds is 5. The maximum atomic E-state index is 6.02. The Morgan fingerprint density at radius 2 is 2.25 bits per heavy atom. The predicted octanol–water partition coefficient (Wildman–Crippen LogP) is 4.17. The molecule has 0 aliphatic carbocycles. The Kier molecular flexibility index (Phi) is 5.90. The molecule has 1 atom stereocenters. The minimum atomic E-state index is 0.181. The summed E-state index contributed by atoms with van der Waals surface area (Å²) in [5.74, 6) is 2.69. The van der Waals surface area contributed by atoms with Gasteiger partial charge in [-0.3, -0.25) is 0 Å². The molecule has 1 unspecified atom stereocenters. The van der Waals surface area contributed by atoms with Crippen molar-refractivity contribution in [1.82, 2.24) is 5.32 Å². The Balaban J connectivity index is 2.87. The molecule has 1 nitrogen and oxygen atoms in total. The van der Waals surface area contributed by atoms with Crippen LogP contribution in [0.1, 0.15) is 31.4 Å². The molecule has 86 valence electrons. The molecular formula is C13H15BrClN. The van der Waals surface area contributed by atoms with Crippen LogP contribution in [-0.2, 0) is 0 Å². The summed E-state index contributed by atoms with van der Waals surface area (Å²) < 4.78 is 0.982. The summed E-state index contributed by atoms with van der Waals surface area (Å²) in [6.45, 7) is 3.09. The molecule has 0 amide bonds. The Labute approximate surface area is 111 Å². The Hall–Kier alpha value is -0.490. The van der Waals surface area contributed by atoms with E-state index in [0.29, 0.717) is 6.42 Å². The fourth-order valence-electron chi connectivity index (χ4n) is 1.52. The maximum Gasteiger partial charge on any atom is 0.0431 e. The van der Waals surface area contributed by atoms with Crippen molar-refractivity contribution >= 4 is 27.5 Å². The number of halogens is 2. The monoisotopic (exact) mass is 299 g/mol. The van der Waals surface area contributed by atoms with Crippen LogP contribution in [0, 0.1) is 12.3 Å². The van der Waals surface area contributed by atoms with Gasteiger partial charge in [0.1, 0.15) is 0 Å². The molecule has 0 saturated carbocycles.